The molecule has 0 bridgehead atoms. The fourth-order valence-electron chi connectivity index (χ4n) is 2.03. The number of nitrogens with two attached hydrogens (primary N) is 1. The first kappa shape index (κ1) is 11.9. The van der Waals surface area contributed by atoms with Crippen molar-refractivity contribution in [3.63, 3.8) is 0 Å². The lowest BCUT2D eigenvalue weighted by Gasteiger charge is -2.35. The topological polar surface area (TPSA) is 75.8 Å². The van der Waals surface area contributed by atoms with Crippen LogP contribution in [-0.4, -0.2) is 36.8 Å². The summed E-state index contributed by atoms with van der Waals surface area (Å²) in [5, 5.41) is 9.80. The number of phenolic OH excluding ortho intramolecular Hbond substituents is 1. The molecular weight excluding hydrogens is 220 g/mol. The number of carbonyl (C=O) groups is 1. The van der Waals surface area contributed by atoms with Gasteiger partial charge in [0.2, 0.25) is 0 Å². The van der Waals surface area contributed by atoms with Gasteiger partial charge in [-0.05, 0) is 25.1 Å². The maximum Gasteiger partial charge on any atom is 0.253 e. The van der Waals surface area contributed by atoms with E-state index in [1.54, 1.807) is 29.2 Å². The molecule has 5 nitrogen and oxygen atoms in total. The van der Waals surface area contributed by atoms with Crippen molar-refractivity contribution in [2.75, 3.05) is 24.7 Å². The van der Waals surface area contributed by atoms with Gasteiger partial charge in [0, 0.05) is 0 Å². The second-order valence-electron chi connectivity index (χ2n) is 4.00. The molecule has 2 rings (SSSR count). The first-order valence-corrected chi connectivity index (χ1v) is 5.62. The zero-order chi connectivity index (χ0) is 12.3. The highest BCUT2D eigenvalue weighted by Crippen LogP contribution is 2.30. The van der Waals surface area contributed by atoms with Gasteiger partial charge in [0.1, 0.15) is 12.4 Å². The van der Waals surface area contributed by atoms with E-state index in [1.807, 2.05) is 0 Å². The first-order valence-electron chi connectivity index (χ1n) is 5.62. The van der Waals surface area contributed by atoms with E-state index in [-0.39, 0.29) is 24.3 Å². The van der Waals surface area contributed by atoms with Gasteiger partial charge in [-0.3, -0.25) is 4.79 Å². The van der Waals surface area contributed by atoms with E-state index in [0.29, 0.717) is 25.3 Å². The summed E-state index contributed by atoms with van der Waals surface area (Å²) < 4.78 is 5.21. The number of amides is 1. The molecule has 0 aromatic heterocycles. The van der Waals surface area contributed by atoms with Crippen LogP contribution in [0.2, 0.25) is 0 Å². The number of morpholine rings is 1. The normalized spacial score (nSPS) is 20.6. The molecule has 1 aromatic carbocycles. The summed E-state index contributed by atoms with van der Waals surface area (Å²) in [4.78, 5) is 13.5. The second kappa shape index (κ2) is 5.16. The molecule has 0 saturated carbocycles. The molecule has 1 heterocycles. The molecule has 3 N–H and O–H groups in total. The van der Waals surface area contributed by atoms with Crippen molar-refractivity contribution in [1.29, 1.82) is 0 Å². The summed E-state index contributed by atoms with van der Waals surface area (Å²) in [6, 6.07) is 6.70. The Kier molecular flexibility index (Phi) is 3.61. The van der Waals surface area contributed by atoms with Crippen molar-refractivity contribution in [1.82, 2.24) is 0 Å². The molecule has 5 heteroatoms. The largest absolute Gasteiger partial charge is 0.506 e. The Bertz CT molecular complexity index is 406. The first-order chi connectivity index (χ1) is 8.24. The van der Waals surface area contributed by atoms with Crippen LogP contribution >= 0.6 is 0 Å². The SMILES string of the molecule is NCCC1COCC(=O)N1c1ccccc1O. The number of ether oxygens (including phenoxy) is 1. The van der Waals surface area contributed by atoms with Crippen molar-refractivity contribution < 1.29 is 14.6 Å². The molecule has 92 valence electrons. The standard InChI is InChI=1S/C12H16N2O3/c13-6-5-9-7-17-8-12(16)14(9)10-3-1-2-4-11(10)15/h1-4,9,15H,5-8,13H2. The number of anilines is 1. The second-order valence-corrected chi connectivity index (χ2v) is 4.00. The third-order valence-corrected chi connectivity index (χ3v) is 2.81. The molecule has 0 aliphatic carbocycles. The predicted molar refractivity (Wildman–Crippen MR) is 63.9 cm³/mol. The fraction of sp³-hybridized carbons (Fsp3) is 0.417. The molecule has 1 saturated heterocycles. The predicted octanol–water partition coefficient (Wildman–Crippen LogP) is 0.473. The van der Waals surface area contributed by atoms with Gasteiger partial charge < -0.3 is 20.5 Å². The smallest absolute Gasteiger partial charge is 0.253 e. The molecule has 0 spiro atoms. The minimum atomic E-state index is -0.142. The molecule has 17 heavy (non-hydrogen) atoms. The molecule has 0 radical (unpaired) electrons. The van der Waals surface area contributed by atoms with Crippen molar-refractivity contribution >= 4 is 11.6 Å². The van der Waals surface area contributed by atoms with Gasteiger partial charge in [-0.1, -0.05) is 12.1 Å². The van der Waals surface area contributed by atoms with Gasteiger partial charge in [0.15, 0.2) is 0 Å². The Balaban J connectivity index is 2.31. The maximum atomic E-state index is 11.9. The van der Waals surface area contributed by atoms with E-state index in [1.165, 1.54) is 0 Å². The van der Waals surface area contributed by atoms with E-state index in [2.05, 4.69) is 0 Å². The lowest BCUT2D eigenvalue weighted by Crippen LogP contribution is -2.50. The number of nitrogens with zero attached hydrogens (tertiary/aromatic N) is 1. The summed E-state index contributed by atoms with van der Waals surface area (Å²) >= 11 is 0. The molecule has 1 aliphatic rings. The van der Waals surface area contributed by atoms with Gasteiger partial charge >= 0.3 is 0 Å². The quantitative estimate of drug-likeness (QED) is 0.800. The fourth-order valence-corrected chi connectivity index (χ4v) is 2.03. The zero-order valence-electron chi connectivity index (χ0n) is 9.50. The van der Waals surface area contributed by atoms with Gasteiger partial charge in [-0.15, -0.1) is 0 Å². The Labute approximate surface area is 99.8 Å². The highest BCUT2D eigenvalue weighted by molar-refractivity contribution is 5.96. The lowest BCUT2D eigenvalue weighted by molar-refractivity contribution is -0.127. The number of aromatic hydroxyl groups is 1. The number of benzene rings is 1. The highest BCUT2D eigenvalue weighted by atomic mass is 16.5. The molecule has 1 fully saturated rings. The Morgan fingerprint density at radius 3 is 2.94 bits per heavy atom. The van der Waals surface area contributed by atoms with E-state index in [9.17, 15) is 9.90 Å². The van der Waals surface area contributed by atoms with Gasteiger partial charge in [-0.2, -0.15) is 0 Å². The summed E-state index contributed by atoms with van der Waals surface area (Å²) in [6.45, 7) is 0.984. The number of hydrogen-bond donors (Lipinski definition) is 2. The Morgan fingerprint density at radius 1 is 1.47 bits per heavy atom. The minimum absolute atomic E-state index is 0.0510. The third kappa shape index (κ3) is 2.40. The van der Waals surface area contributed by atoms with Crippen LogP contribution < -0.4 is 10.6 Å². The third-order valence-electron chi connectivity index (χ3n) is 2.81. The molecular formula is C12H16N2O3. The highest BCUT2D eigenvalue weighted by Gasteiger charge is 2.30. The Hall–Kier alpha value is -1.59. The monoisotopic (exact) mass is 236 g/mol. The Morgan fingerprint density at radius 2 is 2.24 bits per heavy atom. The van der Waals surface area contributed by atoms with E-state index < -0.39 is 0 Å². The van der Waals surface area contributed by atoms with Crippen LogP contribution in [0.3, 0.4) is 0 Å². The van der Waals surface area contributed by atoms with Crippen molar-refractivity contribution in [2.45, 2.75) is 12.5 Å². The van der Waals surface area contributed by atoms with Crippen LogP contribution in [0.1, 0.15) is 6.42 Å². The molecule has 1 atom stereocenters. The average Bonchev–Trinajstić information content (AvgIpc) is 2.31. The molecule has 1 amide bonds. The van der Waals surface area contributed by atoms with Gasteiger partial charge in [-0.25, -0.2) is 0 Å². The maximum absolute atomic E-state index is 11.9. The zero-order valence-corrected chi connectivity index (χ0v) is 9.50. The van der Waals surface area contributed by atoms with Crippen LogP contribution in [-0.2, 0) is 9.53 Å². The van der Waals surface area contributed by atoms with Gasteiger partial charge in [0.05, 0.1) is 18.3 Å². The summed E-state index contributed by atoms with van der Waals surface area (Å²) in [5.74, 6) is -0.0408. The molecule has 1 aromatic rings. The summed E-state index contributed by atoms with van der Waals surface area (Å²) in [6.07, 6.45) is 0.653. The van der Waals surface area contributed by atoms with E-state index >= 15 is 0 Å². The van der Waals surface area contributed by atoms with Crippen molar-refractivity contribution in [2.24, 2.45) is 5.73 Å². The van der Waals surface area contributed by atoms with Crippen LogP contribution in [0.4, 0.5) is 5.69 Å². The minimum Gasteiger partial charge on any atom is -0.506 e. The molecule has 1 unspecified atom stereocenters. The van der Waals surface area contributed by atoms with Crippen molar-refractivity contribution in [3.05, 3.63) is 24.3 Å². The lowest BCUT2D eigenvalue weighted by atomic mass is 10.1. The van der Waals surface area contributed by atoms with Crippen molar-refractivity contribution in [3.8, 4) is 5.75 Å². The number of rotatable bonds is 3. The number of phenols is 1. The summed E-state index contributed by atoms with van der Waals surface area (Å²) in [5.41, 5.74) is 6.05. The van der Waals surface area contributed by atoms with Gasteiger partial charge in [0.25, 0.3) is 5.91 Å². The number of hydrogen-bond acceptors (Lipinski definition) is 4. The van der Waals surface area contributed by atoms with E-state index in [4.69, 9.17) is 10.5 Å². The van der Waals surface area contributed by atoms with Crippen LogP contribution in [0, 0.1) is 0 Å². The summed E-state index contributed by atoms with van der Waals surface area (Å²) in [7, 11) is 0. The van der Waals surface area contributed by atoms with E-state index in [0.717, 1.165) is 0 Å². The number of carbonyl (C=O) groups excluding carboxylic acids is 1. The van der Waals surface area contributed by atoms with Crippen LogP contribution in [0.5, 0.6) is 5.75 Å². The molecule has 1 aliphatic heterocycles. The number of para-hydroxylation sites is 2. The average molecular weight is 236 g/mol. The van der Waals surface area contributed by atoms with Crippen LogP contribution in [0.25, 0.3) is 0 Å². The van der Waals surface area contributed by atoms with Crippen LogP contribution in [0.15, 0.2) is 24.3 Å².